The van der Waals surface area contributed by atoms with Gasteiger partial charge in [0.15, 0.2) is 12.3 Å². The minimum Gasteiger partial charge on any atom is -0.457 e. The largest absolute Gasteiger partial charge is 0.457 e. The van der Waals surface area contributed by atoms with Gasteiger partial charge in [0, 0.05) is 22.1 Å². The molecule has 0 N–H and O–H groups in total. The maximum atomic E-state index is 6.22. The summed E-state index contributed by atoms with van der Waals surface area (Å²) in [5.74, 6) is 2.05. The molecule has 0 aliphatic rings. The molecule has 3 aromatic carbocycles. The number of aryl methyl sites for hydroxylation is 1. The Morgan fingerprint density at radius 2 is 1.83 bits per heavy atom. The molecule has 0 saturated heterocycles. The van der Waals surface area contributed by atoms with E-state index in [0.29, 0.717) is 33.6 Å². The Labute approximate surface area is 218 Å². The topological polar surface area (TPSA) is 113 Å². The van der Waals surface area contributed by atoms with Crippen molar-refractivity contribution in [3.63, 3.8) is 0 Å². The van der Waals surface area contributed by atoms with Crippen LogP contribution in [0.3, 0.4) is 0 Å². The van der Waals surface area contributed by atoms with E-state index in [0.717, 1.165) is 10.0 Å². The molecule has 5 aromatic rings. The fourth-order valence-electron chi connectivity index (χ4n) is 3.21. The van der Waals surface area contributed by atoms with Gasteiger partial charge in [0.25, 0.3) is 11.8 Å². The maximum absolute atomic E-state index is 6.22. The van der Waals surface area contributed by atoms with Crippen molar-refractivity contribution in [2.75, 3.05) is 0 Å². The lowest BCUT2D eigenvalue weighted by Crippen LogP contribution is -2.12. The average Bonchev–Trinajstić information content (AvgIpc) is 3.54. The predicted octanol–water partition coefficient (Wildman–Crippen LogP) is 5.44. The van der Waals surface area contributed by atoms with Crippen molar-refractivity contribution in [1.82, 2.24) is 30.4 Å². The summed E-state index contributed by atoms with van der Waals surface area (Å²) in [6, 6.07) is 22.0. The highest BCUT2D eigenvalue weighted by Crippen LogP contribution is 2.35. The highest BCUT2D eigenvalue weighted by atomic mass is 79.9. The van der Waals surface area contributed by atoms with Crippen molar-refractivity contribution in [2.24, 2.45) is 12.2 Å². The standard InChI is InChI=1S/C24H17BrClN7O3/c1-33-23(28-31-32-33)22(15-5-3-2-4-6-15)30-34-14-21-27-29-24(36-21)19-13-17(26)9-12-20(19)35-18-10-7-16(25)8-11-18/h2-13H,14H2,1H3/b30-22-. The molecule has 0 aliphatic heterocycles. The van der Waals surface area contributed by atoms with Crippen LogP contribution in [0.5, 0.6) is 11.5 Å². The molecule has 0 unspecified atom stereocenters. The molecule has 12 heteroatoms. The number of aromatic nitrogens is 6. The molecule has 0 radical (unpaired) electrons. The normalized spacial score (nSPS) is 11.5. The monoisotopic (exact) mass is 565 g/mol. The third-order valence-corrected chi connectivity index (χ3v) is 5.67. The smallest absolute Gasteiger partial charge is 0.257 e. The van der Waals surface area contributed by atoms with Gasteiger partial charge in [0.05, 0.1) is 5.56 Å². The van der Waals surface area contributed by atoms with Gasteiger partial charge >= 0.3 is 0 Å². The first-order valence-corrected chi connectivity index (χ1v) is 11.8. The highest BCUT2D eigenvalue weighted by molar-refractivity contribution is 9.10. The number of nitrogens with zero attached hydrogens (tertiary/aromatic N) is 7. The number of benzene rings is 3. The first kappa shape index (κ1) is 23.6. The molecule has 0 aliphatic carbocycles. The van der Waals surface area contributed by atoms with Crippen LogP contribution in [-0.2, 0) is 18.5 Å². The van der Waals surface area contributed by atoms with Crippen LogP contribution < -0.4 is 4.74 Å². The number of hydrogen-bond donors (Lipinski definition) is 0. The van der Waals surface area contributed by atoms with Crippen molar-refractivity contribution < 1.29 is 14.0 Å². The first-order chi connectivity index (χ1) is 17.6. The van der Waals surface area contributed by atoms with Gasteiger partial charge in [0.2, 0.25) is 5.82 Å². The van der Waals surface area contributed by atoms with Gasteiger partial charge < -0.3 is 14.0 Å². The molecule has 2 aromatic heterocycles. The second kappa shape index (κ2) is 10.7. The zero-order valence-electron chi connectivity index (χ0n) is 18.7. The van der Waals surface area contributed by atoms with E-state index in [1.165, 1.54) is 4.68 Å². The lowest BCUT2D eigenvalue weighted by atomic mass is 10.1. The van der Waals surface area contributed by atoms with Crippen molar-refractivity contribution in [2.45, 2.75) is 6.61 Å². The van der Waals surface area contributed by atoms with Crippen LogP contribution in [0.1, 0.15) is 17.3 Å². The number of ether oxygens (including phenoxy) is 1. The summed E-state index contributed by atoms with van der Waals surface area (Å²) in [6.45, 7) is -0.0713. The molecule has 180 valence electrons. The lowest BCUT2D eigenvalue weighted by Gasteiger charge is -2.09. The second-order valence-corrected chi connectivity index (χ2v) is 8.75. The maximum Gasteiger partial charge on any atom is 0.257 e. The summed E-state index contributed by atoms with van der Waals surface area (Å²) in [6.07, 6.45) is 0. The van der Waals surface area contributed by atoms with Crippen LogP contribution in [0.2, 0.25) is 5.02 Å². The molecule has 0 saturated carbocycles. The van der Waals surface area contributed by atoms with Gasteiger partial charge in [-0.25, -0.2) is 4.68 Å². The summed E-state index contributed by atoms with van der Waals surface area (Å²) in [7, 11) is 1.72. The third kappa shape index (κ3) is 5.42. The molecule has 2 heterocycles. The number of halogens is 2. The van der Waals surface area contributed by atoms with E-state index in [4.69, 9.17) is 25.6 Å². The van der Waals surface area contributed by atoms with Gasteiger partial charge in [-0.05, 0) is 52.9 Å². The molecular weight excluding hydrogens is 550 g/mol. The van der Waals surface area contributed by atoms with Gasteiger partial charge in [-0.1, -0.05) is 63.0 Å². The van der Waals surface area contributed by atoms with E-state index in [1.807, 2.05) is 54.6 Å². The number of rotatable bonds is 8. The van der Waals surface area contributed by atoms with Gasteiger partial charge in [-0.15, -0.1) is 15.3 Å². The minimum atomic E-state index is -0.0713. The van der Waals surface area contributed by atoms with Crippen molar-refractivity contribution in [1.29, 1.82) is 0 Å². The van der Waals surface area contributed by atoms with Crippen LogP contribution in [0.25, 0.3) is 11.5 Å². The molecule has 36 heavy (non-hydrogen) atoms. The Morgan fingerprint density at radius 3 is 2.58 bits per heavy atom. The first-order valence-electron chi connectivity index (χ1n) is 10.6. The number of tetrazole rings is 1. The zero-order valence-corrected chi connectivity index (χ0v) is 21.1. The Morgan fingerprint density at radius 1 is 1.03 bits per heavy atom. The number of oxime groups is 1. The predicted molar refractivity (Wildman–Crippen MR) is 135 cm³/mol. The van der Waals surface area contributed by atoms with Crippen LogP contribution in [0.15, 0.2) is 86.8 Å². The van der Waals surface area contributed by atoms with E-state index >= 15 is 0 Å². The fourth-order valence-corrected chi connectivity index (χ4v) is 3.65. The van der Waals surface area contributed by atoms with Gasteiger partial charge in [0.1, 0.15) is 11.5 Å². The van der Waals surface area contributed by atoms with E-state index in [2.05, 4.69) is 46.8 Å². The molecule has 10 nitrogen and oxygen atoms in total. The van der Waals surface area contributed by atoms with Crippen molar-refractivity contribution >= 4 is 33.2 Å². The summed E-state index contributed by atoms with van der Waals surface area (Å²) >= 11 is 9.64. The molecule has 0 bridgehead atoms. The molecule has 5 rings (SSSR count). The Bertz CT molecular complexity index is 1500. The summed E-state index contributed by atoms with van der Waals surface area (Å²) in [4.78, 5) is 5.55. The van der Waals surface area contributed by atoms with E-state index in [9.17, 15) is 0 Å². The van der Waals surface area contributed by atoms with E-state index < -0.39 is 0 Å². The molecule has 0 spiro atoms. The van der Waals surface area contributed by atoms with Crippen molar-refractivity contribution in [3.8, 4) is 23.0 Å². The van der Waals surface area contributed by atoms with E-state index in [-0.39, 0.29) is 18.4 Å². The Balaban J connectivity index is 1.36. The second-order valence-electron chi connectivity index (χ2n) is 7.40. The SMILES string of the molecule is Cn1nnnc1/C(=N\OCc1nnc(-c2cc(Cl)ccc2Oc2ccc(Br)cc2)o1)c1ccccc1. The van der Waals surface area contributed by atoms with Gasteiger partial charge in [-0.2, -0.15) is 0 Å². The third-order valence-electron chi connectivity index (χ3n) is 4.90. The van der Waals surface area contributed by atoms with Gasteiger partial charge in [-0.3, -0.25) is 0 Å². The van der Waals surface area contributed by atoms with Crippen LogP contribution >= 0.6 is 27.5 Å². The molecule has 0 atom stereocenters. The Kier molecular flexibility index (Phi) is 7.01. The molecule has 0 amide bonds. The molecule has 0 fully saturated rings. The lowest BCUT2D eigenvalue weighted by molar-refractivity contribution is 0.111. The summed E-state index contributed by atoms with van der Waals surface area (Å²) in [5.41, 5.74) is 1.79. The summed E-state index contributed by atoms with van der Waals surface area (Å²) in [5, 5.41) is 24.5. The highest BCUT2D eigenvalue weighted by Gasteiger charge is 2.17. The Hall–Kier alpha value is -4.09. The average molecular weight is 567 g/mol. The minimum absolute atomic E-state index is 0.0713. The van der Waals surface area contributed by atoms with Crippen molar-refractivity contribution in [3.05, 3.63) is 99.6 Å². The van der Waals surface area contributed by atoms with Crippen LogP contribution in [0, 0.1) is 0 Å². The summed E-state index contributed by atoms with van der Waals surface area (Å²) < 4.78 is 14.3. The molecular formula is C24H17BrClN7O3. The van der Waals surface area contributed by atoms with E-state index in [1.54, 1.807) is 25.2 Å². The number of hydrogen-bond acceptors (Lipinski definition) is 9. The fraction of sp³-hybridized carbons (Fsp3) is 0.0833. The quantitative estimate of drug-likeness (QED) is 0.180. The zero-order chi connectivity index (χ0) is 24.9. The van der Waals surface area contributed by atoms with Crippen LogP contribution in [0.4, 0.5) is 0 Å². The van der Waals surface area contributed by atoms with Crippen LogP contribution in [-0.4, -0.2) is 36.1 Å².